The molecule has 2 aromatic rings. The number of anilines is 1. The highest BCUT2D eigenvalue weighted by molar-refractivity contribution is 5.57. The zero-order chi connectivity index (χ0) is 13.4. The average molecular weight is 261 g/mol. The summed E-state index contributed by atoms with van der Waals surface area (Å²) >= 11 is 0. The Morgan fingerprint density at radius 2 is 2.37 bits per heavy atom. The summed E-state index contributed by atoms with van der Waals surface area (Å²) in [4.78, 5) is 18.5. The predicted octanol–water partition coefficient (Wildman–Crippen LogP) is 0.625. The van der Waals surface area contributed by atoms with Crippen LogP contribution in [0.5, 0.6) is 5.75 Å². The Hall–Kier alpha value is -2.08. The number of ether oxygens (including phenoxy) is 1. The third-order valence-electron chi connectivity index (χ3n) is 3.32. The minimum atomic E-state index is -0.199. The van der Waals surface area contributed by atoms with Gasteiger partial charge in [0.1, 0.15) is 5.82 Å². The lowest BCUT2D eigenvalue weighted by atomic mass is 10.2. The molecular weight excluding hydrogens is 246 g/mol. The van der Waals surface area contributed by atoms with Crippen LogP contribution in [0.15, 0.2) is 29.2 Å². The first-order valence-electron chi connectivity index (χ1n) is 6.22. The Morgan fingerprint density at radius 3 is 3.16 bits per heavy atom. The van der Waals surface area contributed by atoms with Crippen molar-refractivity contribution in [3.8, 4) is 5.75 Å². The smallest absolute Gasteiger partial charge is 0.260 e. The second kappa shape index (κ2) is 4.55. The van der Waals surface area contributed by atoms with E-state index in [-0.39, 0.29) is 23.0 Å². The first-order chi connectivity index (χ1) is 9.16. The standard InChI is InChI=1S/C13H15N3O3/c1-9-8-19-6-5-15(9)11-7-12(18)16-4-2-3-10(17)13(16)14-11/h2-4,7,9,17H,5-6,8H2,1H3/t9-/m1/s1. The number of nitrogens with zero attached hydrogens (tertiary/aromatic N) is 3. The second-order valence-corrected chi connectivity index (χ2v) is 4.66. The van der Waals surface area contributed by atoms with Crippen molar-refractivity contribution in [2.24, 2.45) is 0 Å². The molecule has 3 heterocycles. The van der Waals surface area contributed by atoms with Crippen LogP contribution in [0.1, 0.15) is 6.92 Å². The Labute approximate surface area is 109 Å². The van der Waals surface area contributed by atoms with Gasteiger partial charge < -0.3 is 14.7 Å². The van der Waals surface area contributed by atoms with Crippen LogP contribution in [0.25, 0.3) is 5.65 Å². The number of morpholine rings is 1. The minimum Gasteiger partial charge on any atom is -0.504 e. The van der Waals surface area contributed by atoms with Gasteiger partial charge in [0.25, 0.3) is 5.56 Å². The third-order valence-corrected chi connectivity index (χ3v) is 3.32. The van der Waals surface area contributed by atoms with Gasteiger partial charge in [-0.2, -0.15) is 0 Å². The first-order valence-corrected chi connectivity index (χ1v) is 6.22. The van der Waals surface area contributed by atoms with E-state index in [9.17, 15) is 9.90 Å². The van der Waals surface area contributed by atoms with Crippen molar-refractivity contribution < 1.29 is 9.84 Å². The molecule has 0 radical (unpaired) electrons. The minimum absolute atomic E-state index is 0.00219. The molecule has 100 valence electrons. The summed E-state index contributed by atoms with van der Waals surface area (Å²) in [6.45, 7) is 3.94. The monoisotopic (exact) mass is 261 g/mol. The molecule has 2 aromatic heterocycles. The highest BCUT2D eigenvalue weighted by atomic mass is 16.5. The van der Waals surface area contributed by atoms with E-state index in [1.807, 2.05) is 11.8 Å². The fourth-order valence-corrected chi connectivity index (χ4v) is 2.31. The summed E-state index contributed by atoms with van der Waals surface area (Å²) in [6, 6.07) is 4.79. The van der Waals surface area contributed by atoms with E-state index in [0.717, 1.165) is 0 Å². The van der Waals surface area contributed by atoms with Crippen molar-refractivity contribution in [1.29, 1.82) is 0 Å². The normalized spacial score (nSPS) is 19.8. The Morgan fingerprint density at radius 1 is 1.53 bits per heavy atom. The summed E-state index contributed by atoms with van der Waals surface area (Å²) < 4.78 is 6.71. The van der Waals surface area contributed by atoms with Crippen LogP contribution < -0.4 is 10.5 Å². The van der Waals surface area contributed by atoms with Crippen LogP contribution >= 0.6 is 0 Å². The van der Waals surface area contributed by atoms with Crippen LogP contribution in [0.2, 0.25) is 0 Å². The molecule has 0 amide bonds. The Kier molecular flexibility index (Phi) is 2.87. The molecule has 1 fully saturated rings. The van der Waals surface area contributed by atoms with Gasteiger partial charge in [-0.1, -0.05) is 0 Å². The number of rotatable bonds is 1. The number of hydrogen-bond acceptors (Lipinski definition) is 5. The van der Waals surface area contributed by atoms with Gasteiger partial charge in [-0.25, -0.2) is 4.98 Å². The van der Waals surface area contributed by atoms with Gasteiger partial charge in [-0.3, -0.25) is 9.20 Å². The number of aromatic nitrogens is 2. The van der Waals surface area contributed by atoms with Crippen LogP contribution in [0.4, 0.5) is 5.82 Å². The van der Waals surface area contributed by atoms with Crippen molar-refractivity contribution in [3.05, 3.63) is 34.7 Å². The molecule has 19 heavy (non-hydrogen) atoms. The van der Waals surface area contributed by atoms with Crippen LogP contribution in [0.3, 0.4) is 0 Å². The lowest BCUT2D eigenvalue weighted by molar-refractivity contribution is 0.0985. The van der Waals surface area contributed by atoms with Crippen molar-refractivity contribution in [1.82, 2.24) is 9.38 Å². The highest BCUT2D eigenvalue weighted by Crippen LogP contribution is 2.20. The molecule has 1 atom stereocenters. The third kappa shape index (κ3) is 2.04. The summed E-state index contributed by atoms with van der Waals surface area (Å²) in [5.74, 6) is 0.588. The molecule has 0 unspecified atom stereocenters. The van der Waals surface area contributed by atoms with Crippen LogP contribution in [-0.2, 0) is 4.74 Å². The van der Waals surface area contributed by atoms with E-state index in [4.69, 9.17) is 4.74 Å². The number of hydrogen-bond donors (Lipinski definition) is 1. The fourth-order valence-electron chi connectivity index (χ4n) is 2.31. The van der Waals surface area contributed by atoms with Gasteiger partial charge in [-0.15, -0.1) is 0 Å². The van der Waals surface area contributed by atoms with Gasteiger partial charge >= 0.3 is 0 Å². The molecule has 1 aliphatic rings. The van der Waals surface area contributed by atoms with E-state index < -0.39 is 0 Å². The zero-order valence-electron chi connectivity index (χ0n) is 10.6. The molecular formula is C13H15N3O3. The van der Waals surface area contributed by atoms with E-state index in [0.29, 0.717) is 25.6 Å². The second-order valence-electron chi connectivity index (χ2n) is 4.66. The molecule has 3 rings (SSSR count). The Bertz CT molecular complexity index is 668. The molecule has 1 saturated heterocycles. The van der Waals surface area contributed by atoms with Gasteiger partial charge in [-0.05, 0) is 19.1 Å². The first kappa shape index (κ1) is 12.0. The average Bonchev–Trinajstić information content (AvgIpc) is 2.40. The largest absolute Gasteiger partial charge is 0.504 e. The lowest BCUT2D eigenvalue weighted by Gasteiger charge is -2.34. The highest BCUT2D eigenvalue weighted by Gasteiger charge is 2.21. The molecule has 6 nitrogen and oxygen atoms in total. The maximum absolute atomic E-state index is 12.1. The van der Waals surface area contributed by atoms with E-state index >= 15 is 0 Å². The van der Waals surface area contributed by atoms with E-state index in [1.165, 1.54) is 16.5 Å². The van der Waals surface area contributed by atoms with Crippen LogP contribution in [-0.4, -0.2) is 40.3 Å². The zero-order valence-corrected chi connectivity index (χ0v) is 10.6. The maximum atomic E-state index is 12.1. The molecule has 0 aliphatic carbocycles. The SMILES string of the molecule is C[C@@H]1COCCN1c1cc(=O)n2cccc(O)c2n1. The van der Waals surface area contributed by atoms with Crippen molar-refractivity contribution >= 4 is 11.5 Å². The number of aromatic hydroxyl groups is 1. The molecule has 1 N–H and O–H groups in total. The molecule has 1 aliphatic heterocycles. The molecule has 0 aromatic carbocycles. The van der Waals surface area contributed by atoms with Crippen molar-refractivity contribution in [3.63, 3.8) is 0 Å². The summed E-state index contributed by atoms with van der Waals surface area (Å²) in [6.07, 6.45) is 1.59. The topological polar surface area (TPSA) is 67.1 Å². The van der Waals surface area contributed by atoms with Gasteiger partial charge in [0.15, 0.2) is 11.4 Å². The fraction of sp³-hybridized carbons (Fsp3) is 0.385. The van der Waals surface area contributed by atoms with Gasteiger partial charge in [0.2, 0.25) is 0 Å². The quantitative estimate of drug-likeness (QED) is 0.815. The lowest BCUT2D eigenvalue weighted by Crippen LogP contribution is -2.44. The predicted molar refractivity (Wildman–Crippen MR) is 70.8 cm³/mol. The van der Waals surface area contributed by atoms with Gasteiger partial charge in [0, 0.05) is 18.8 Å². The van der Waals surface area contributed by atoms with Gasteiger partial charge in [0.05, 0.1) is 19.3 Å². The van der Waals surface area contributed by atoms with E-state index in [1.54, 1.807) is 12.3 Å². The van der Waals surface area contributed by atoms with Crippen molar-refractivity contribution in [2.75, 3.05) is 24.7 Å². The van der Waals surface area contributed by atoms with Crippen molar-refractivity contribution in [2.45, 2.75) is 13.0 Å². The molecule has 0 spiro atoms. The summed E-state index contributed by atoms with van der Waals surface area (Å²) in [7, 11) is 0. The van der Waals surface area contributed by atoms with Crippen LogP contribution in [0, 0.1) is 0 Å². The number of fused-ring (bicyclic) bond motifs is 1. The summed E-state index contributed by atoms with van der Waals surface area (Å²) in [5.41, 5.74) is 0.0817. The molecule has 0 saturated carbocycles. The molecule has 6 heteroatoms. The molecule has 0 bridgehead atoms. The maximum Gasteiger partial charge on any atom is 0.260 e. The summed E-state index contributed by atoms with van der Waals surface area (Å²) in [5, 5.41) is 9.82. The van der Waals surface area contributed by atoms with E-state index in [2.05, 4.69) is 4.98 Å². The Balaban J connectivity index is 2.15. The number of pyridine rings is 1.